The van der Waals surface area contributed by atoms with E-state index in [1.807, 2.05) is 0 Å². The van der Waals surface area contributed by atoms with Crippen LogP contribution in [0.1, 0.15) is 92.4 Å². The lowest BCUT2D eigenvalue weighted by Crippen LogP contribution is -2.16. The molecular weight excluding hydrogens is 386 g/mol. The third-order valence-corrected chi connectivity index (χ3v) is 7.28. The summed E-state index contributed by atoms with van der Waals surface area (Å²) in [5.74, 6) is 0. The second-order valence-corrected chi connectivity index (χ2v) is 10.1. The topological polar surface area (TPSA) is 12.0 Å². The van der Waals surface area contributed by atoms with Crippen LogP contribution in [0.25, 0.3) is 0 Å². The van der Waals surface area contributed by atoms with Crippen LogP contribution in [0.3, 0.4) is 0 Å². The molecule has 0 amide bonds. The smallest absolute Gasteiger partial charge is 0.0151 e. The normalized spacial score (nSPS) is 24.2. The molecule has 32 heavy (non-hydrogen) atoms. The van der Waals surface area contributed by atoms with Gasteiger partial charge in [-0.15, -0.1) is 0 Å². The maximum Gasteiger partial charge on any atom is 0.0151 e. The summed E-state index contributed by atoms with van der Waals surface area (Å²) in [4.78, 5) is 0. The van der Waals surface area contributed by atoms with Gasteiger partial charge in [-0.3, -0.25) is 0 Å². The highest BCUT2D eigenvalue weighted by atomic mass is 14.9. The van der Waals surface area contributed by atoms with Gasteiger partial charge in [0.2, 0.25) is 0 Å². The van der Waals surface area contributed by atoms with Crippen molar-refractivity contribution in [3.63, 3.8) is 0 Å². The van der Waals surface area contributed by atoms with Gasteiger partial charge in [0.1, 0.15) is 0 Å². The predicted molar refractivity (Wildman–Crippen MR) is 141 cm³/mol. The van der Waals surface area contributed by atoms with Crippen LogP contribution >= 0.6 is 0 Å². The highest BCUT2D eigenvalue weighted by Crippen LogP contribution is 2.56. The van der Waals surface area contributed by atoms with E-state index in [1.54, 1.807) is 16.7 Å². The van der Waals surface area contributed by atoms with Gasteiger partial charge in [0.15, 0.2) is 0 Å². The van der Waals surface area contributed by atoms with Crippen molar-refractivity contribution in [3.05, 3.63) is 93.9 Å². The van der Waals surface area contributed by atoms with Crippen molar-refractivity contribution in [2.45, 2.75) is 92.4 Å². The van der Waals surface area contributed by atoms with Gasteiger partial charge < -0.3 is 5.32 Å². The zero-order chi connectivity index (χ0) is 23.1. The molecule has 0 aromatic heterocycles. The molecule has 3 aliphatic carbocycles. The van der Waals surface area contributed by atoms with Crippen LogP contribution in [0, 0.1) is 5.41 Å². The molecule has 1 N–H and O–H groups in total. The van der Waals surface area contributed by atoms with Crippen molar-refractivity contribution in [3.8, 4) is 0 Å². The lowest BCUT2D eigenvalue weighted by Gasteiger charge is -2.21. The Kier molecular flexibility index (Phi) is 8.40. The van der Waals surface area contributed by atoms with Crippen LogP contribution in [-0.4, -0.2) is 0 Å². The summed E-state index contributed by atoms with van der Waals surface area (Å²) in [6.07, 6.45) is 26.7. The SMILES string of the molecule is C=C(CC1(/C(C)=C/C2=C(C)CCC2)CC1)N/C(=C/C(=C(C)C)C1=C/C/C=C\C/C=C\1)CC. The molecular formula is C31H43N. The third kappa shape index (κ3) is 6.37. The fourth-order valence-corrected chi connectivity index (χ4v) is 4.91. The van der Waals surface area contributed by atoms with Crippen molar-refractivity contribution in [2.24, 2.45) is 5.41 Å². The molecule has 0 saturated heterocycles. The first kappa shape index (κ1) is 24.4. The van der Waals surface area contributed by atoms with Crippen molar-refractivity contribution in [2.75, 3.05) is 0 Å². The van der Waals surface area contributed by atoms with E-state index in [2.05, 4.69) is 89.0 Å². The molecule has 3 aliphatic rings. The summed E-state index contributed by atoms with van der Waals surface area (Å²) >= 11 is 0. The van der Waals surface area contributed by atoms with Gasteiger partial charge >= 0.3 is 0 Å². The molecule has 0 unspecified atom stereocenters. The van der Waals surface area contributed by atoms with Crippen molar-refractivity contribution in [1.82, 2.24) is 5.32 Å². The predicted octanol–water partition coefficient (Wildman–Crippen LogP) is 9.17. The standard InChI is InChI=1S/C31H43N/c1-7-29(21-30(23(2)3)27-15-11-9-8-10-12-16-27)32-26(6)22-31(18-19-31)25(5)20-28-17-13-14-24(28)4/h8-9,12,15-16,20-21,32H,6-7,10-11,13-14,17-19,22H2,1-5H3/b9-8-,16-12-,25-20+,27-15+,29-21+. The van der Waals surface area contributed by atoms with E-state index in [0.29, 0.717) is 5.41 Å². The van der Waals surface area contributed by atoms with E-state index in [4.69, 9.17) is 0 Å². The maximum absolute atomic E-state index is 4.44. The minimum Gasteiger partial charge on any atom is -0.363 e. The zero-order valence-electron chi connectivity index (χ0n) is 21.1. The van der Waals surface area contributed by atoms with Crippen molar-refractivity contribution < 1.29 is 0 Å². The Morgan fingerprint density at radius 1 is 1.09 bits per heavy atom. The van der Waals surface area contributed by atoms with Gasteiger partial charge in [-0.1, -0.05) is 66.7 Å². The van der Waals surface area contributed by atoms with Gasteiger partial charge in [0.25, 0.3) is 0 Å². The Bertz CT molecular complexity index is 931. The van der Waals surface area contributed by atoms with E-state index >= 15 is 0 Å². The molecule has 172 valence electrons. The van der Waals surface area contributed by atoms with E-state index in [-0.39, 0.29) is 0 Å². The molecule has 0 spiro atoms. The van der Waals surface area contributed by atoms with Crippen LogP contribution in [0.4, 0.5) is 0 Å². The Hall–Kier alpha value is -2.28. The zero-order valence-corrected chi connectivity index (χ0v) is 21.1. The number of hydrogen-bond acceptors (Lipinski definition) is 1. The Morgan fingerprint density at radius 3 is 2.47 bits per heavy atom. The quantitative estimate of drug-likeness (QED) is 0.284. The fourth-order valence-electron chi connectivity index (χ4n) is 4.91. The van der Waals surface area contributed by atoms with E-state index in [1.165, 1.54) is 54.5 Å². The molecule has 1 nitrogen and oxygen atoms in total. The van der Waals surface area contributed by atoms with Gasteiger partial charge in [-0.2, -0.15) is 0 Å². The molecule has 1 fully saturated rings. The summed E-state index contributed by atoms with van der Waals surface area (Å²) in [7, 11) is 0. The van der Waals surface area contributed by atoms with E-state index < -0.39 is 0 Å². The molecule has 0 atom stereocenters. The molecule has 0 bridgehead atoms. The number of allylic oxidation sites excluding steroid dienone is 15. The summed E-state index contributed by atoms with van der Waals surface area (Å²) < 4.78 is 0. The fraction of sp³-hybridized carbons (Fsp3) is 0.484. The molecule has 0 heterocycles. The lowest BCUT2D eigenvalue weighted by atomic mass is 9.89. The number of rotatable bonds is 9. The second kappa shape index (κ2) is 11.0. The monoisotopic (exact) mass is 429 g/mol. The molecule has 3 rings (SSSR count). The van der Waals surface area contributed by atoms with Gasteiger partial charge in [-0.05, 0) is 114 Å². The third-order valence-electron chi connectivity index (χ3n) is 7.28. The first-order valence-electron chi connectivity index (χ1n) is 12.6. The number of nitrogens with one attached hydrogen (secondary N) is 1. The Labute approximate surface area is 197 Å². The van der Waals surface area contributed by atoms with Gasteiger partial charge in [-0.25, -0.2) is 0 Å². The highest BCUT2D eigenvalue weighted by Gasteiger charge is 2.44. The molecule has 0 aromatic carbocycles. The Morgan fingerprint density at radius 2 is 1.84 bits per heavy atom. The average molecular weight is 430 g/mol. The summed E-state index contributed by atoms with van der Waals surface area (Å²) in [6, 6.07) is 0. The number of hydrogen-bond donors (Lipinski definition) is 1. The molecule has 0 aliphatic heterocycles. The minimum absolute atomic E-state index is 0.329. The largest absolute Gasteiger partial charge is 0.363 e. The average Bonchev–Trinajstić information content (AvgIpc) is 3.40. The summed E-state index contributed by atoms with van der Waals surface area (Å²) in [5.41, 5.74) is 11.5. The molecule has 1 saturated carbocycles. The van der Waals surface area contributed by atoms with Gasteiger partial charge in [0.05, 0.1) is 0 Å². The van der Waals surface area contributed by atoms with Gasteiger partial charge in [0, 0.05) is 11.4 Å². The Balaban J connectivity index is 1.72. The first-order valence-corrected chi connectivity index (χ1v) is 12.6. The second-order valence-electron chi connectivity index (χ2n) is 10.1. The molecule has 1 heteroatoms. The summed E-state index contributed by atoms with van der Waals surface area (Å²) in [6.45, 7) is 15.8. The first-order chi connectivity index (χ1) is 15.3. The van der Waals surface area contributed by atoms with Crippen LogP contribution in [-0.2, 0) is 0 Å². The summed E-state index contributed by atoms with van der Waals surface area (Å²) in [5, 5.41) is 3.70. The maximum atomic E-state index is 4.44. The van der Waals surface area contributed by atoms with Crippen molar-refractivity contribution in [1.29, 1.82) is 0 Å². The van der Waals surface area contributed by atoms with Crippen LogP contribution in [0.5, 0.6) is 0 Å². The lowest BCUT2D eigenvalue weighted by molar-refractivity contribution is 0.578. The van der Waals surface area contributed by atoms with Crippen LogP contribution < -0.4 is 5.32 Å². The van der Waals surface area contributed by atoms with Crippen molar-refractivity contribution >= 4 is 0 Å². The van der Waals surface area contributed by atoms with Crippen LogP contribution in [0.15, 0.2) is 93.9 Å². The van der Waals surface area contributed by atoms with E-state index in [9.17, 15) is 0 Å². The minimum atomic E-state index is 0.329. The highest BCUT2D eigenvalue weighted by molar-refractivity contribution is 5.50. The van der Waals surface area contributed by atoms with Crippen LogP contribution in [0.2, 0.25) is 0 Å². The molecule has 0 radical (unpaired) electrons. The molecule has 0 aromatic rings. The van der Waals surface area contributed by atoms with E-state index in [0.717, 1.165) is 31.4 Å².